The second kappa shape index (κ2) is 12.0. The third-order valence-electron chi connectivity index (χ3n) is 6.29. The first kappa shape index (κ1) is 27.6. The fraction of sp³-hybridized carbons (Fsp3) is 0.259. The van der Waals surface area contributed by atoms with Crippen molar-refractivity contribution in [1.82, 2.24) is 0 Å². The lowest BCUT2D eigenvalue weighted by molar-refractivity contribution is -0.125. The van der Waals surface area contributed by atoms with Gasteiger partial charge in [-0.1, -0.05) is 47.6 Å². The number of carbonyl (C=O) groups excluding carboxylic acids is 1. The third kappa shape index (κ3) is 6.04. The maximum absolute atomic E-state index is 13.1. The molecule has 0 unspecified atom stereocenters. The van der Waals surface area contributed by atoms with E-state index in [0.717, 1.165) is 0 Å². The summed E-state index contributed by atoms with van der Waals surface area (Å²) >= 11 is 0. The second-order valence-corrected chi connectivity index (χ2v) is 10.9. The number of primary amides is 1. The number of rotatable bonds is 12. The molecule has 3 aromatic carbocycles. The number of sulfone groups is 1. The van der Waals surface area contributed by atoms with Crippen LogP contribution in [0.1, 0.15) is 30.1 Å². The van der Waals surface area contributed by atoms with Crippen molar-refractivity contribution >= 4 is 27.3 Å². The van der Waals surface area contributed by atoms with Crippen LogP contribution in [0.3, 0.4) is 0 Å². The summed E-state index contributed by atoms with van der Waals surface area (Å²) in [5.41, 5.74) is 14.2. The van der Waals surface area contributed by atoms with Gasteiger partial charge in [0.2, 0.25) is 11.8 Å². The highest BCUT2D eigenvalue weighted by molar-refractivity contribution is 7.91. The van der Waals surface area contributed by atoms with Crippen LogP contribution in [0.5, 0.6) is 5.75 Å². The molecule has 3 aromatic rings. The van der Waals surface area contributed by atoms with Crippen LogP contribution in [0.4, 0.5) is 5.69 Å². The minimum Gasteiger partial charge on any atom is -0.494 e. The van der Waals surface area contributed by atoms with Gasteiger partial charge in [-0.3, -0.25) is 4.79 Å². The Morgan fingerprint density at radius 3 is 2.46 bits per heavy atom. The van der Waals surface area contributed by atoms with Gasteiger partial charge in [0.05, 0.1) is 17.3 Å². The molecule has 11 nitrogen and oxygen atoms in total. The van der Waals surface area contributed by atoms with Gasteiger partial charge in [0, 0.05) is 41.2 Å². The number of nitrogens with two attached hydrogens (primary N) is 1. The van der Waals surface area contributed by atoms with Crippen molar-refractivity contribution in [1.29, 1.82) is 0 Å². The Kier molecular flexibility index (Phi) is 8.50. The second-order valence-electron chi connectivity index (χ2n) is 8.78. The molecule has 12 heteroatoms. The minimum atomic E-state index is -3.79. The molecule has 0 saturated carbocycles. The maximum atomic E-state index is 13.1. The molecule has 0 spiro atoms. The number of carbonyl (C=O) groups is 1. The summed E-state index contributed by atoms with van der Waals surface area (Å²) in [7, 11) is -3.79. The zero-order chi connectivity index (χ0) is 27.9. The molecule has 0 aromatic heterocycles. The molecule has 0 bridgehead atoms. The minimum absolute atomic E-state index is 0.0105. The first-order valence-electron chi connectivity index (χ1n) is 12.1. The number of hydrogen-bond donors (Lipinski definition) is 2. The molecule has 0 saturated heterocycles. The summed E-state index contributed by atoms with van der Waals surface area (Å²) in [5, 5.41) is 12.7. The number of aliphatic hydroxyl groups excluding tert-OH is 1. The molecule has 1 amide bonds. The lowest BCUT2D eigenvalue weighted by Crippen LogP contribution is -2.46. The number of nitrogens with zero attached hydrogens (tertiary/aromatic N) is 4. The average Bonchev–Trinajstić information content (AvgIpc) is 3.34. The zero-order valence-electron chi connectivity index (χ0n) is 20.9. The topological polar surface area (TPSA) is 177 Å². The highest BCUT2D eigenvalue weighted by Gasteiger charge is 2.53. The quantitative estimate of drug-likeness (QED) is 0.149. The fourth-order valence-corrected chi connectivity index (χ4v) is 5.64. The lowest BCUT2D eigenvalue weighted by Gasteiger charge is -2.29. The summed E-state index contributed by atoms with van der Waals surface area (Å²) in [5.74, 6) is -0.678. The molecule has 4 rings (SSSR count). The highest BCUT2D eigenvalue weighted by atomic mass is 32.2. The molecule has 0 aliphatic carbocycles. The van der Waals surface area contributed by atoms with Crippen molar-refractivity contribution in [2.75, 3.05) is 19.0 Å². The van der Waals surface area contributed by atoms with Crippen molar-refractivity contribution in [2.45, 2.75) is 29.4 Å². The van der Waals surface area contributed by atoms with E-state index in [0.29, 0.717) is 29.9 Å². The largest absolute Gasteiger partial charge is 0.494 e. The van der Waals surface area contributed by atoms with Gasteiger partial charge in [0.25, 0.3) is 0 Å². The molecule has 202 valence electrons. The molecule has 0 fully saturated rings. The summed E-state index contributed by atoms with van der Waals surface area (Å²) in [6.07, 6.45) is -0.949. The molecule has 0 radical (unpaired) electrons. The van der Waals surface area contributed by atoms with E-state index < -0.39 is 33.1 Å². The van der Waals surface area contributed by atoms with Gasteiger partial charge in [-0.25, -0.2) is 13.4 Å². The lowest BCUT2D eigenvalue weighted by atomic mass is 9.84. The Morgan fingerprint density at radius 1 is 1.10 bits per heavy atom. The summed E-state index contributed by atoms with van der Waals surface area (Å²) < 4.78 is 38.0. The van der Waals surface area contributed by atoms with Gasteiger partial charge in [-0.2, -0.15) is 0 Å². The van der Waals surface area contributed by atoms with Gasteiger partial charge in [0.1, 0.15) is 5.75 Å². The fourth-order valence-electron chi connectivity index (χ4n) is 4.26. The van der Waals surface area contributed by atoms with Gasteiger partial charge < -0.3 is 20.3 Å². The van der Waals surface area contributed by atoms with E-state index in [1.54, 1.807) is 66.7 Å². The van der Waals surface area contributed by atoms with Gasteiger partial charge in [-0.15, -0.1) is 0 Å². The molecular weight excluding hydrogens is 522 g/mol. The van der Waals surface area contributed by atoms with E-state index >= 15 is 0 Å². The number of aliphatic hydroxyl groups is 1. The first-order chi connectivity index (χ1) is 18.8. The van der Waals surface area contributed by atoms with Crippen molar-refractivity contribution in [2.24, 2.45) is 15.8 Å². The zero-order valence-corrected chi connectivity index (χ0v) is 21.7. The van der Waals surface area contributed by atoms with Crippen molar-refractivity contribution < 1.29 is 27.8 Å². The molecular formula is C27H27N5O6S. The third-order valence-corrected chi connectivity index (χ3v) is 8.02. The number of azide groups is 1. The molecule has 1 aliphatic rings. The van der Waals surface area contributed by atoms with Crippen LogP contribution in [0.2, 0.25) is 0 Å². The van der Waals surface area contributed by atoms with Crippen molar-refractivity contribution in [3.63, 3.8) is 0 Å². The summed E-state index contributed by atoms with van der Waals surface area (Å²) in [6.45, 7) is 0.350. The van der Waals surface area contributed by atoms with Crippen LogP contribution < -0.4 is 10.5 Å². The van der Waals surface area contributed by atoms with E-state index in [1.165, 1.54) is 12.1 Å². The van der Waals surface area contributed by atoms with Crippen LogP contribution in [-0.4, -0.2) is 49.8 Å². The summed E-state index contributed by atoms with van der Waals surface area (Å²) in [6, 6.07) is 21.1. The molecule has 2 atom stereocenters. The Bertz CT molecular complexity index is 1510. The van der Waals surface area contributed by atoms with E-state index in [-0.39, 0.29) is 29.5 Å². The molecule has 1 aliphatic heterocycles. The van der Waals surface area contributed by atoms with Crippen molar-refractivity contribution in [3.8, 4) is 5.75 Å². The van der Waals surface area contributed by atoms with E-state index in [2.05, 4.69) is 15.0 Å². The van der Waals surface area contributed by atoms with Crippen LogP contribution in [0, 0.1) is 0 Å². The maximum Gasteiger partial charge on any atom is 0.249 e. The molecule has 1 heterocycles. The highest BCUT2D eigenvalue weighted by Crippen LogP contribution is 2.45. The van der Waals surface area contributed by atoms with E-state index in [9.17, 15) is 13.2 Å². The number of amides is 1. The Hall–Kier alpha value is -4.38. The normalized spacial score (nSPS) is 18.5. The van der Waals surface area contributed by atoms with Gasteiger partial charge >= 0.3 is 0 Å². The van der Waals surface area contributed by atoms with Crippen molar-refractivity contribution in [3.05, 3.63) is 100 Å². The monoisotopic (exact) mass is 549 g/mol. The smallest absolute Gasteiger partial charge is 0.249 e. The Labute approximate surface area is 225 Å². The number of benzene rings is 3. The van der Waals surface area contributed by atoms with Crippen LogP contribution in [0.15, 0.2) is 93.9 Å². The SMILES string of the molecule is [N-]=[N+]=Nc1ccccc1[C@H]1OC(c2ccc(OCCCO)cc2)=N[C@@]1(CCS(=O)(=O)c1ccccc1)C(N)=O. The van der Waals surface area contributed by atoms with Gasteiger partial charge in [0.15, 0.2) is 21.5 Å². The number of ether oxygens (including phenoxy) is 2. The number of aliphatic imine (C=N–C) groups is 1. The predicted octanol–water partition coefficient (Wildman–Crippen LogP) is 4.00. The molecule has 3 N–H and O–H groups in total. The number of hydrogen-bond acceptors (Lipinski definition) is 8. The van der Waals surface area contributed by atoms with Gasteiger partial charge in [-0.05, 0) is 41.9 Å². The van der Waals surface area contributed by atoms with Crippen LogP contribution >= 0.6 is 0 Å². The molecule has 39 heavy (non-hydrogen) atoms. The van der Waals surface area contributed by atoms with Crippen LogP contribution in [-0.2, 0) is 19.4 Å². The Balaban J connectivity index is 1.75. The summed E-state index contributed by atoms with van der Waals surface area (Å²) in [4.78, 5) is 20.7. The first-order valence-corrected chi connectivity index (χ1v) is 13.8. The average molecular weight is 550 g/mol. The van der Waals surface area contributed by atoms with Crippen LogP contribution in [0.25, 0.3) is 10.4 Å². The standard InChI is InChI=1S/C27H27N5O6S/c28-26(34)27(15-18-39(35,36)21-7-2-1-3-8-21)24(22-9-4-5-10-23(22)31-32-29)38-25(30-27)19-11-13-20(14-12-19)37-17-6-16-33/h1-5,7-14,24,33H,6,15-18H2,(H2,28,34)/t24-,27-/m1/s1. The van der Waals surface area contributed by atoms with E-state index in [4.69, 9.17) is 25.8 Å². The van der Waals surface area contributed by atoms with E-state index in [1.807, 2.05) is 0 Å². The Morgan fingerprint density at radius 2 is 1.79 bits per heavy atom. The predicted molar refractivity (Wildman–Crippen MR) is 144 cm³/mol.